The number of aromatic nitrogens is 2. The number of rotatable bonds is 3. The lowest BCUT2D eigenvalue weighted by molar-refractivity contribution is -0.124. The minimum Gasteiger partial charge on any atom is -0.338 e. The number of piperazine rings is 1. The molecule has 5 heterocycles. The van der Waals surface area contributed by atoms with Crippen LogP contribution in [-0.2, 0) is 11.2 Å². The van der Waals surface area contributed by atoms with Crippen molar-refractivity contribution in [2.45, 2.75) is 31.8 Å². The number of anilines is 2. The molecule has 134 valence electrons. The maximum Gasteiger partial charge on any atom is 0.241 e. The molecule has 2 atom stereocenters. The third-order valence-corrected chi connectivity index (χ3v) is 5.92. The number of hydrogen-bond acceptors (Lipinski definition) is 5. The summed E-state index contributed by atoms with van der Waals surface area (Å²) in [4.78, 5) is 28.4. The van der Waals surface area contributed by atoms with Crippen LogP contribution in [0.5, 0.6) is 0 Å². The van der Waals surface area contributed by atoms with Crippen molar-refractivity contribution in [2.24, 2.45) is 0 Å². The number of aryl methyl sites for hydroxylation is 1. The number of benzene rings is 1. The fraction of sp³-hybridized carbons (Fsp3) is 0.450. The van der Waals surface area contributed by atoms with Crippen LogP contribution in [0.2, 0.25) is 0 Å². The second-order valence-electron chi connectivity index (χ2n) is 7.54. The van der Waals surface area contributed by atoms with Gasteiger partial charge in [0.1, 0.15) is 0 Å². The van der Waals surface area contributed by atoms with Gasteiger partial charge in [-0.2, -0.15) is 0 Å². The lowest BCUT2D eigenvalue weighted by Gasteiger charge is -2.56. The summed E-state index contributed by atoms with van der Waals surface area (Å²) in [5.41, 5.74) is 3.37. The SMILES string of the molecule is Cc1ccnc(N2CC3CC(C2)N3CC(=O)N2CCc3ccccc32)n1. The van der Waals surface area contributed by atoms with Gasteiger partial charge >= 0.3 is 0 Å². The largest absolute Gasteiger partial charge is 0.338 e. The fourth-order valence-electron chi connectivity index (χ4n) is 4.54. The minimum absolute atomic E-state index is 0.227. The van der Waals surface area contributed by atoms with E-state index in [-0.39, 0.29) is 5.91 Å². The quantitative estimate of drug-likeness (QED) is 0.843. The van der Waals surface area contributed by atoms with Crippen LogP contribution in [0.4, 0.5) is 11.6 Å². The summed E-state index contributed by atoms with van der Waals surface area (Å²) in [6.45, 7) is 5.14. The average molecular weight is 349 g/mol. The molecule has 3 saturated heterocycles. The van der Waals surface area contributed by atoms with Gasteiger partial charge in [-0.3, -0.25) is 9.69 Å². The monoisotopic (exact) mass is 349 g/mol. The summed E-state index contributed by atoms with van der Waals surface area (Å²) in [6.07, 6.45) is 3.96. The highest BCUT2D eigenvalue weighted by molar-refractivity contribution is 5.96. The summed E-state index contributed by atoms with van der Waals surface area (Å²) < 4.78 is 0. The molecule has 26 heavy (non-hydrogen) atoms. The lowest BCUT2D eigenvalue weighted by atomic mass is 9.87. The second-order valence-corrected chi connectivity index (χ2v) is 7.54. The molecule has 0 N–H and O–H groups in total. The molecule has 0 spiro atoms. The molecule has 2 aromatic rings. The van der Waals surface area contributed by atoms with Crippen LogP contribution in [0.25, 0.3) is 0 Å². The van der Waals surface area contributed by atoms with E-state index >= 15 is 0 Å². The van der Waals surface area contributed by atoms with Crippen LogP contribution in [0, 0.1) is 6.92 Å². The zero-order chi connectivity index (χ0) is 17.7. The topological polar surface area (TPSA) is 52.6 Å². The van der Waals surface area contributed by atoms with Crippen molar-refractivity contribution in [1.29, 1.82) is 0 Å². The van der Waals surface area contributed by atoms with E-state index in [2.05, 4.69) is 38.0 Å². The van der Waals surface area contributed by atoms with Gasteiger partial charge in [0, 0.05) is 49.3 Å². The fourth-order valence-corrected chi connectivity index (χ4v) is 4.54. The molecule has 2 unspecified atom stereocenters. The summed E-state index contributed by atoms with van der Waals surface area (Å²) in [7, 11) is 0. The van der Waals surface area contributed by atoms with E-state index in [1.54, 1.807) is 0 Å². The summed E-state index contributed by atoms with van der Waals surface area (Å²) in [5.74, 6) is 1.05. The molecule has 1 aromatic heterocycles. The lowest BCUT2D eigenvalue weighted by Crippen LogP contribution is -2.70. The Hall–Kier alpha value is -2.47. The van der Waals surface area contributed by atoms with Crippen molar-refractivity contribution >= 4 is 17.5 Å². The molecule has 4 aliphatic rings. The number of carbonyl (C=O) groups excluding carboxylic acids is 1. The Bertz CT molecular complexity index is 842. The smallest absolute Gasteiger partial charge is 0.241 e. The molecule has 0 aliphatic carbocycles. The number of hydrogen-bond donors (Lipinski definition) is 0. The highest BCUT2D eigenvalue weighted by atomic mass is 16.2. The predicted molar refractivity (Wildman–Crippen MR) is 100 cm³/mol. The van der Waals surface area contributed by atoms with Crippen LogP contribution in [0.1, 0.15) is 17.7 Å². The van der Waals surface area contributed by atoms with Gasteiger partial charge in [-0.05, 0) is 37.5 Å². The van der Waals surface area contributed by atoms with Gasteiger partial charge < -0.3 is 9.80 Å². The van der Waals surface area contributed by atoms with Crippen molar-refractivity contribution < 1.29 is 4.79 Å². The Morgan fingerprint density at radius 1 is 1.19 bits per heavy atom. The molecular weight excluding hydrogens is 326 g/mol. The molecule has 0 radical (unpaired) electrons. The number of piperidine rings is 1. The normalized spacial score (nSPS) is 24.3. The van der Waals surface area contributed by atoms with E-state index in [4.69, 9.17) is 0 Å². The minimum atomic E-state index is 0.227. The molecule has 6 heteroatoms. The number of amides is 1. The van der Waals surface area contributed by atoms with E-state index in [0.717, 1.165) is 43.4 Å². The number of para-hydroxylation sites is 1. The van der Waals surface area contributed by atoms with Gasteiger partial charge in [0.2, 0.25) is 11.9 Å². The van der Waals surface area contributed by atoms with Crippen LogP contribution in [-0.4, -0.2) is 59.0 Å². The van der Waals surface area contributed by atoms with Gasteiger partial charge in [-0.1, -0.05) is 18.2 Å². The number of fused-ring (bicyclic) bond motifs is 3. The predicted octanol–water partition coefficient (Wildman–Crippen LogP) is 1.64. The van der Waals surface area contributed by atoms with Gasteiger partial charge in [0.25, 0.3) is 0 Å². The maximum absolute atomic E-state index is 12.9. The van der Waals surface area contributed by atoms with Crippen LogP contribution in [0.15, 0.2) is 36.5 Å². The average Bonchev–Trinajstić information content (AvgIpc) is 3.10. The van der Waals surface area contributed by atoms with Crippen molar-refractivity contribution in [3.05, 3.63) is 47.8 Å². The van der Waals surface area contributed by atoms with Crippen molar-refractivity contribution in [3.8, 4) is 0 Å². The Balaban J connectivity index is 1.25. The first-order chi connectivity index (χ1) is 12.7. The maximum atomic E-state index is 12.9. The third kappa shape index (κ3) is 2.56. The van der Waals surface area contributed by atoms with Crippen molar-refractivity contribution in [2.75, 3.05) is 36.0 Å². The molecule has 3 fully saturated rings. The third-order valence-electron chi connectivity index (χ3n) is 5.92. The first-order valence-electron chi connectivity index (χ1n) is 9.37. The Labute approximate surface area is 153 Å². The molecule has 1 aromatic carbocycles. The number of nitrogens with zero attached hydrogens (tertiary/aromatic N) is 5. The summed E-state index contributed by atoms with van der Waals surface area (Å²) >= 11 is 0. The second kappa shape index (κ2) is 6.06. The molecule has 6 nitrogen and oxygen atoms in total. The molecule has 6 rings (SSSR count). The van der Waals surface area contributed by atoms with E-state index in [0.29, 0.717) is 18.6 Å². The highest BCUT2D eigenvalue weighted by Crippen LogP contribution is 2.34. The van der Waals surface area contributed by atoms with E-state index in [1.807, 2.05) is 30.2 Å². The zero-order valence-corrected chi connectivity index (χ0v) is 15.0. The highest BCUT2D eigenvalue weighted by Gasteiger charge is 2.46. The van der Waals surface area contributed by atoms with Crippen molar-refractivity contribution in [1.82, 2.24) is 14.9 Å². The molecule has 1 amide bonds. The zero-order valence-electron chi connectivity index (χ0n) is 15.0. The Kier molecular flexibility index (Phi) is 3.67. The first kappa shape index (κ1) is 15.8. The van der Waals surface area contributed by atoms with Crippen molar-refractivity contribution in [3.63, 3.8) is 0 Å². The van der Waals surface area contributed by atoms with E-state index in [9.17, 15) is 4.79 Å². The van der Waals surface area contributed by atoms with Gasteiger partial charge in [-0.25, -0.2) is 9.97 Å². The van der Waals surface area contributed by atoms with Crippen LogP contribution < -0.4 is 9.80 Å². The van der Waals surface area contributed by atoms with Crippen LogP contribution in [0.3, 0.4) is 0 Å². The van der Waals surface area contributed by atoms with Gasteiger partial charge in [0.15, 0.2) is 0 Å². The summed E-state index contributed by atoms with van der Waals surface area (Å²) in [5, 5.41) is 0. The summed E-state index contributed by atoms with van der Waals surface area (Å²) in [6, 6.07) is 11.0. The molecular formula is C20H23N5O. The van der Waals surface area contributed by atoms with E-state index in [1.165, 1.54) is 12.0 Å². The molecule has 4 aliphatic heterocycles. The first-order valence-corrected chi connectivity index (χ1v) is 9.37. The molecule has 2 bridgehead atoms. The van der Waals surface area contributed by atoms with E-state index < -0.39 is 0 Å². The van der Waals surface area contributed by atoms with Gasteiger partial charge in [-0.15, -0.1) is 0 Å². The Morgan fingerprint density at radius 3 is 2.81 bits per heavy atom. The Morgan fingerprint density at radius 2 is 2.00 bits per heavy atom. The number of carbonyl (C=O) groups is 1. The van der Waals surface area contributed by atoms with Gasteiger partial charge in [0.05, 0.1) is 6.54 Å². The molecule has 0 saturated carbocycles. The standard InChI is InChI=1S/C20H23N5O/c1-14-6-8-21-20(22-14)23-11-16-10-17(12-23)25(16)13-19(26)24-9-7-15-4-2-3-5-18(15)24/h2-6,8,16-17H,7,9-13H2,1H3. The van der Waals surface area contributed by atoms with Crippen LogP contribution >= 0.6 is 0 Å².